The number of aromatic nitrogens is 1. The number of piperidine rings is 1. The van der Waals surface area contributed by atoms with Gasteiger partial charge in [-0.15, -0.1) is 0 Å². The second-order valence-electron chi connectivity index (χ2n) is 9.37. The highest BCUT2D eigenvalue weighted by atomic mass is 19.1. The Morgan fingerprint density at radius 1 is 1.06 bits per heavy atom. The molecule has 2 aliphatic heterocycles. The first kappa shape index (κ1) is 21.8. The molecule has 0 bridgehead atoms. The van der Waals surface area contributed by atoms with E-state index in [4.69, 9.17) is 0 Å². The normalized spacial score (nSPS) is 20.7. The summed E-state index contributed by atoms with van der Waals surface area (Å²) in [6.07, 6.45) is 4.06. The maximum Gasteiger partial charge on any atom is 0.232 e. The topological polar surface area (TPSA) is 39.7 Å². The summed E-state index contributed by atoms with van der Waals surface area (Å²) in [5.41, 5.74) is 0.218. The van der Waals surface area contributed by atoms with Crippen LogP contribution in [0.2, 0.25) is 0 Å². The Labute approximate surface area is 184 Å². The van der Waals surface area contributed by atoms with E-state index in [0.717, 1.165) is 63.6 Å². The van der Waals surface area contributed by atoms with Gasteiger partial charge in [-0.05, 0) is 62.4 Å². The quantitative estimate of drug-likeness (QED) is 0.736. The highest BCUT2D eigenvalue weighted by Crippen LogP contribution is 2.29. The van der Waals surface area contributed by atoms with Crippen LogP contribution in [0.3, 0.4) is 0 Å². The molecule has 4 rings (SSSR count). The van der Waals surface area contributed by atoms with E-state index >= 15 is 0 Å². The number of amides is 1. The smallest absolute Gasteiger partial charge is 0.232 e. The van der Waals surface area contributed by atoms with Gasteiger partial charge in [-0.3, -0.25) is 9.69 Å². The van der Waals surface area contributed by atoms with Gasteiger partial charge in [0.25, 0.3) is 0 Å². The number of carbonyl (C=O) groups is 1. The van der Waals surface area contributed by atoms with Gasteiger partial charge in [-0.25, -0.2) is 9.37 Å². The number of rotatable bonds is 5. The number of hydrogen-bond donors (Lipinski definition) is 0. The third kappa shape index (κ3) is 5.06. The van der Waals surface area contributed by atoms with Crippen molar-refractivity contribution in [1.29, 1.82) is 0 Å². The monoisotopic (exact) mass is 424 g/mol. The van der Waals surface area contributed by atoms with Crippen LogP contribution in [-0.4, -0.2) is 66.5 Å². The average molecular weight is 425 g/mol. The van der Waals surface area contributed by atoms with E-state index in [-0.39, 0.29) is 11.7 Å². The minimum absolute atomic E-state index is 0.142. The van der Waals surface area contributed by atoms with Crippen molar-refractivity contribution in [3.63, 3.8) is 0 Å². The molecule has 1 unspecified atom stereocenters. The number of likely N-dealkylation sites (tertiary alicyclic amines) is 1. The molecule has 2 aromatic rings. The van der Waals surface area contributed by atoms with Gasteiger partial charge in [0.2, 0.25) is 5.91 Å². The Morgan fingerprint density at radius 2 is 1.81 bits per heavy atom. The van der Waals surface area contributed by atoms with Gasteiger partial charge in [0, 0.05) is 52.0 Å². The van der Waals surface area contributed by atoms with Crippen molar-refractivity contribution in [3.05, 3.63) is 60.0 Å². The Hall–Kier alpha value is -2.47. The summed E-state index contributed by atoms with van der Waals surface area (Å²) in [6.45, 7) is 10.6. The Kier molecular flexibility index (Phi) is 6.56. The van der Waals surface area contributed by atoms with Crippen LogP contribution < -0.4 is 4.90 Å². The van der Waals surface area contributed by atoms with Crippen molar-refractivity contribution in [3.8, 4) is 0 Å². The molecule has 2 fully saturated rings. The van der Waals surface area contributed by atoms with E-state index in [1.807, 2.05) is 37.1 Å². The van der Waals surface area contributed by atoms with Gasteiger partial charge >= 0.3 is 0 Å². The fraction of sp³-hybridized carbons (Fsp3) is 0.520. The van der Waals surface area contributed by atoms with Crippen LogP contribution in [-0.2, 0) is 10.2 Å². The third-order valence-electron chi connectivity index (χ3n) is 6.77. The number of halogens is 1. The van der Waals surface area contributed by atoms with Crippen LogP contribution in [0.25, 0.3) is 0 Å². The van der Waals surface area contributed by atoms with E-state index in [2.05, 4.69) is 20.9 Å². The van der Waals surface area contributed by atoms with Crippen LogP contribution >= 0.6 is 0 Å². The zero-order valence-corrected chi connectivity index (χ0v) is 18.6. The molecule has 166 valence electrons. The number of piperazine rings is 1. The average Bonchev–Trinajstić information content (AvgIpc) is 2.80. The second-order valence-corrected chi connectivity index (χ2v) is 9.37. The minimum atomic E-state index is -0.649. The zero-order chi connectivity index (χ0) is 21.8. The summed E-state index contributed by atoms with van der Waals surface area (Å²) in [4.78, 5) is 24.7. The first-order chi connectivity index (χ1) is 14.9. The zero-order valence-electron chi connectivity index (χ0n) is 18.6. The molecular weight excluding hydrogens is 391 g/mol. The van der Waals surface area contributed by atoms with E-state index in [1.54, 1.807) is 12.1 Å². The molecule has 0 spiro atoms. The van der Waals surface area contributed by atoms with Gasteiger partial charge < -0.3 is 9.80 Å². The van der Waals surface area contributed by atoms with Crippen LogP contribution in [0.15, 0.2) is 48.7 Å². The van der Waals surface area contributed by atoms with Crippen LogP contribution in [0.5, 0.6) is 0 Å². The molecule has 0 radical (unpaired) electrons. The molecule has 1 amide bonds. The SMILES string of the molecule is CC(C)(C(=O)N1CCCC(CN2CCN(c3ccccn3)CC2)C1)c1ccc(F)cc1. The molecule has 2 aliphatic rings. The van der Waals surface area contributed by atoms with Crippen LogP contribution in [0.1, 0.15) is 32.3 Å². The fourth-order valence-corrected chi connectivity index (χ4v) is 4.85. The fourth-order valence-electron chi connectivity index (χ4n) is 4.85. The number of benzene rings is 1. The lowest BCUT2D eigenvalue weighted by molar-refractivity contribution is -0.138. The number of carbonyl (C=O) groups excluding carboxylic acids is 1. The summed E-state index contributed by atoms with van der Waals surface area (Å²) < 4.78 is 13.3. The Morgan fingerprint density at radius 3 is 2.48 bits per heavy atom. The second kappa shape index (κ2) is 9.35. The molecule has 1 aromatic carbocycles. The summed E-state index contributed by atoms with van der Waals surface area (Å²) in [7, 11) is 0. The van der Waals surface area contributed by atoms with Gasteiger partial charge in [0.1, 0.15) is 11.6 Å². The molecule has 0 aliphatic carbocycles. The van der Waals surface area contributed by atoms with Crippen molar-refractivity contribution < 1.29 is 9.18 Å². The highest BCUT2D eigenvalue weighted by Gasteiger charge is 2.36. The minimum Gasteiger partial charge on any atom is -0.354 e. The van der Waals surface area contributed by atoms with Crippen molar-refractivity contribution in [2.24, 2.45) is 5.92 Å². The van der Waals surface area contributed by atoms with E-state index in [0.29, 0.717) is 5.92 Å². The van der Waals surface area contributed by atoms with E-state index < -0.39 is 5.41 Å². The Bertz CT molecular complexity index is 863. The lowest BCUT2D eigenvalue weighted by Crippen LogP contribution is -2.52. The predicted molar refractivity (Wildman–Crippen MR) is 122 cm³/mol. The first-order valence-corrected chi connectivity index (χ1v) is 11.4. The summed E-state index contributed by atoms with van der Waals surface area (Å²) in [6, 6.07) is 12.4. The maximum absolute atomic E-state index is 13.3. The van der Waals surface area contributed by atoms with Gasteiger partial charge in [0.15, 0.2) is 0 Å². The standard InChI is InChI=1S/C25H33FN4O/c1-25(2,21-8-10-22(26)11-9-21)24(31)30-13-5-6-20(19-30)18-28-14-16-29(17-15-28)23-7-3-4-12-27-23/h3-4,7-12,20H,5-6,13-19H2,1-2H3. The molecule has 1 atom stereocenters. The number of hydrogen-bond acceptors (Lipinski definition) is 4. The predicted octanol–water partition coefficient (Wildman–Crippen LogP) is 3.56. The third-order valence-corrected chi connectivity index (χ3v) is 6.77. The molecule has 3 heterocycles. The number of anilines is 1. The van der Waals surface area contributed by atoms with Crippen molar-refractivity contribution in [2.45, 2.75) is 32.1 Å². The van der Waals surface area contributed by atoms with Crippen molar-refractivity contribution in [1.82, 2.24) is 14.8 Å². The summed E-state index contributed by atoms with van der Waals surface area (Å²) in [5, 5.41) is 0. The van der Waals surface area contributed by atoms with Crippen molar-refractivity contribution in [2.75, 3.05) is 50.7 Å². The molecule has 31 heavy (non-hydrogen) atoms. The van der Waals surface area contributed by atoms with Crippen LogP contribution in [0, 0.1) is 11.7 Å². The van der Waals surface area contributed by atoms with Gasteiger partial charge in [-0.1, -0.05) is 18.2 Å². The largest absolute Gasteiger partial charge is 0.354 e. The lowest BCUT2D eigenvalue weighted by atomic mass is 9.82. The molecule has 2 saturated heterocycles. The molecule has 5 nitrogen and oxygen atoms in total. The van der Waals surface area contributed by atoms with E-state index in [9.17, 15) is 9.18 Å². The lowest BCUT2D eigenvalue weighted by Gasteiger charge is -2.41. The van der Waals surface area contributed by atoms with Crippen LogP contribution in [0.4, 0.5) is 10.2 Å². The number of nitrogens with zero attached hydrogens (tertiary/aromatic N) is 4. The van der Waals surface area contributed by atoms with Gasteiger partial charge in [-0.2, -0.15) is 0 Å². The maximum atomic E-state index is 13.3. The Balaban J connectivity index is 1.31. The first-order valence-electron chi connectivity index (χ1n) is 11.4. The number of pyridine rings is 1. The van der Waals surface area contributed by atoms with E-state index in [1.165, 1.54) is 18.6 Å². The molecule has 0 saturated carbocycles. The summed E-state index contributed by atoms with van der Waals surface area (Å²) >= 11 is 0. The molecular formula is C25H33FN4O. The molecule has 6 heteroatoms. The van der Waals surface area contributed by atoms with Crippen molar-refractivity contribution >= 4 is 11.7 Å². The molecule has 0 N–H and O–H groups in total. The molecule has 1 aromatic heterocycles. The van der Waals surface area contributed by atoms with Gasteiger partial charge in [0.05, 0.1) is 5.41 Å². The highest BCUT2D eigenvalue weighted by molar-refractivity contribution is 5.87. The summed E-state index contributed by atoms with van der Waals surface area (Å²) in [5.74, 6) is 1.43.